The molecule has 0 saturated carbocycles. The number of amides is 3. The first-order chi connectivity index (χ1) is 18.1. The van der Waals surface area contributed by atoms with Gasteiger partial charge in [0.25, 0.3) is 11.6 Å². The van der Waals surface area contributed by atoms with E-state index in [4.69, 9.17) is 10.5 Å². The zero-order chi connectivity index (χ0) is 27.4. The Morgan fingerprint density at radius 2 is 1.92 bits per heavy atom. The van der Waals surface area contributed by atoms with Gasteiger partial charge in [-0.3, -0.25) is 24.6 Å². The number of hydrogen-bond donors (Lipinski definition) is 2. The Hall–Kier alpha value is -4.43. The molecule has 14 heteroatoms. The van der Waals surface area contributed by atoms with Crippen molar-refractivity contribution in [2.75, 3.05) is 30.9 Å². The third-order valence-electron chi connectivity index (χ3n) is 5.70. The van der Waals surface area contributed by atoms with Gasteiger partial charge in [-0.2, -0.15) is 0 Å². The standard InChI is InChI=1S/C24H25N7O6S/c1-29(2)13-16-20(22(33)26-17-10-11-18(28-27-17)30-12-4-3-5-19(30)32)23(37-24(25)34)38-21(16)14-6-8-15(9-7-14)31(35)36/h6-11H,3-5,12-13H2,1-2H3,(H2,25,34)(H,26,27,33). The molecule has 4 rings (SSSR count). The van der Waals surface area contributed by atoms with E-state index in [2.05, 4.69) is 15.5 Å². The summed E-state index contributed by atoms with van der Waals surface area (Å²) in [6.07, 6.45) is 1.07. The summed E-state index contributed by atoms with van der Waals surface area (Å²) in [6.45, 7) is 0.844. The van der Waals surface area contributed by atoms with Crippen molar-refractivity contribution in [1.82, 2.24) is 15.1 Å². The van der Waals surface area contributed by atoms with Crippen LogP contribution in [-0.4, -0.2) is 58.6 Å². The van der Waals surface area contributed by atoms with Crippen LogP contribution in [0.1, 0.15) is 35.2 Å². The van der Waals surface area contributed by atoms with E-state index in [1.807, 2.05) is 4.90 Å². The minimum Gasteiger partial charge on any atom is -0.398 e. The van der Waals surface area contributed by atoms with Crippen LogP contribution in [0.4, 0.5) is 22.1 Å². The Kier molecular flexibility index (Phi) is 7.93. The van der Waals surface area contributed by atoms with Gasteiger partial charge in [0.15, 0.2) is 16.7 Å². The number of rotatable bonds is 8. The number of ether oxygens (including phenoxy) is 1. The highest BCUT2D eigenvalue weighted by Crippen LogP contribution is 2.43. The van der Waals surface area contributed by atoms with Gasteiger partial charge in [-0.1, -0.05) is 11.3 Å². The van der Waals surface area contributed by atoms with Gasteiger partial charge in [0.05, 0.1) is 10.5 Å². The van der Waals surface area contributed by atoms with Gasteiger partial charge in [-0.25, -0.2) is 4.79 Å². The number of nitrogens with two attached hydrogens (primary N) is 1. The molecule has 0 unspecified atom stereocenters. The first kappa shape index (κ1) is 26.6. The van der Waals surface area contributed by atoms with E-state index in [9.17, 15) is 24.5 Å². The molecule has 198 valence electrons. The number of aromatic nitrogens is 2. The second-order valence-corrected chi connectivity index (χ2v) is 9.75. The van der Waals surface area contributed by atoms with Gasteiger partial charge in [0.2, 0.25) is 5.91 Å². The number of nitro benzene ring substituents is 1. The number of nitrogens with zero attached hydrogens (tertiary/aromatic N) is 5. The van der Waals surface area contributed by atoms with Gasteiger partial charge in [-0.15, -0.1) is 10.2 Å². The number of carbonyl (C=O) groups is 3. The molecule has 3 amide bonds. The fourth-order valence-corrected chi connectivity index (χ4v) is 5.20. The molecule has 1 aliphatic rings. The number of non-ortho nitro benzene ring substituents is 1. The van der Waals surface area contributed by atoms with Crippen LogP contribution >= 0.6 is 11.3 Å². The van der Waals surface area contributed by atoms with Gasteiger partial charge < -0.3 is 20.7 Å². The Balaban J connectivity index is 1.69. The van der Waals surface area contributed by atoms with E-state index in [0.29, 0.717) is 34.8 Å². The highest BCUT2D eigenvalue weighted by atomic mass is 32.1. The fraction of sp³-hybridized carbons (Fsp3) is 0.292. The molecule has 0 bridgehead atoms. The first-order valence-electron chi connectivity index (χ1n) is 11.6. The summed E-state index contributed by atoms with van der Waals surface area (Å²) in [5, 5.41) is 21.9. The van der Waals surface area contributed by atoms with Crippen LogP contribution in [0.5, 0.6) is 5.06 Å². The maximum absolute atomic E-state index is 13.5. The van der Waals surface area contributed by atoms with Crippen LogP contribution in [-0.2, 0) is 11.3 Å². The molecule has 0 atom stereocenters. The minimum absolute atomic E-state index is 0.0244. The molecule has 13 nitrogen and oxygen atoms in total. The maximum Gasteiger partial charge on any atom is 0.410 e. The van der Waals surface area contributed by atoms with Gasteiger partial charge in [0.1, 0.15) is 0 Å². The quantitative estimate of drug-likeness (QED) is 0.321. The lowest BCUT2D eigenvalue weighted by atomic mass is 10.0. The smallest absolute Gasteiger partial charge is 0.398 e. The lowest BCUT2D eigenvalue weighted by Gasteiger charge is -2.25. The second-order valence-electron chi connectivity index (χ2n) is 8.77. The maximum atomic E-state index is 13.5. The van der Waals surface area contributed by atoms with Gasteiger partial charge in [-0.05, 0) is 56.8 Å². The molecule has 1 aliphatic heterocycles. The van der Waals surface area contributed by atoms with Crippen LogP contribution in [0.15, 0.2) is 36.4 Å². The van der Waals surface area contributed by atoms with Crippen molar-refractivity contribution < 1.29 is 24.0 Å². The highest BCUT2D eigenvalue weighted by molar-refractivity contribution is 7.18. The lowest BCUT2D eigenvalue weighted by molar-refractivity contribution is -0.384. The molecular weight excluding hydrogens is 514 g/mol. The molecule has 0 radical (unpaired) electrons. The monoisotopic (exact) mass is 539 g/mol. The Morgan fingerprint density at radius 3 is 2.50 bits per heavy atom. The zero-order valence-electron chi connectivity index (χ0n) is 20.7. The molecular formula is C24H25N7O6S. The number of anilines is 2. The molecule has 2 aromatic heterocycles. The molecule has 1 saturated heterocycles. The van der Waals surface area contributed by atoms with Crippen molar-refractivity contribution in [2.45, 2.75) is 25.8 Å². The Labute approximate surface area is 221 Å². The fourth-order valence-electron chi connectivity index (χ4n) is 4.03. The van der Waals surface area contributed by atoms with Crippen molar-refractivity contribution in [3.05, 3.63) is 57.6 Å². The van der Waals surface area contributed by atoms with Crippen molar-refractivity contribution in [3.8, 4) is 15.5 Å². The van der Waals surface area contributed by atoms with Crippen LogP contribution in [0.2, 0.25) is 0 Å². The Bertz CT molecular complexity index is 1370. The summed E-state index contributed by atoms with van der Waals surface area (Å²) in [7, 11) is 3.61. The van der Waals surface area contributed by atoms with E-state index >= 15 is 0 Å². The predicted molar refractivity (Wildman–Crippen MR) is 140 cm³/mol. The number of carbonyl (C=O) groups excluding carboxylic acids is 3. The third kappa shape index (κ3) is 5.92. The summed E-state index contributed by atoms with van der Waals surface area (Å²) in [5.41, 5.74) is 6.40. The summed E-state index contributed by atoms with van der Waals surface area (Å²) in [4.78, 5) is 51.8. The number of nitro groups is 1. The summed E-state index contributed by atoms with van der Waals surface area (Å²) < 4.78 is 5.19. The topological polar surface area (TPSA) is 174 Å². The van der Waals surface area contributed by atoms with Crippen molar-refractivity contribution in [1.29, 1.82) is 0 Å². The molecule has 3 aromatic rings. The van der Waals surface area contributed by atoms with Gasteiger partial charge >= 0.3 is 6.09 Å². The summed E-state index contributed by atoms with van der Waals surface area (Å²) in [6, 6.07) is 8.96. The number of piperidine rings is 1. The third-order valence-corrected chi connectivity index (χ3v) is 6.86. The normalized spacial score (nSPS) is 13.4. The SMILES string of the molecule is CN(C)Cc1c(-c2ccc([N+](=O)[O-])cc2)sc(OC(N)=O)c1C(=O)Nc1ccc(N2CCCCC2=O)nn1. The molecule has 3 heterocycles. The second kappa shape index (κ2) is 11.3. The van der Waals surface area contributed by atoms with E-state index < -0.39 is 16.9 Å². The number of primary amides is 1. The summed E-state index contributed by atoms with van der Waals surface area (Å²) in [5.74, 6) is -0.110. The summed E-state index contributed by atoms with van der Waals surface area (Å²) >= 11 is 1.02. The van der Waals surface area contributed by atoms with Gasteiger partial charge in [0, 0.05) is 42.1 Å². The van der Waals surface area contributed by atoms with Crippen LogP contribution in [0.25, 0.3) is 10.4 Å². The molecule has 1 aromatic carbocycles. The largest absolute Gasteiger partial charge is 0.410 e. The average molecular weight is 540 g/mol. The van der Waals surface area contributed by atoms with E-state index in [-0.39, 0.29) is 34.6 Å². The van der Waals surface area contributed by atoms with E-state index in [1.165, 1.54) is 18.2 Å². The van der Waals surface area contributed by atoms with Crippen molar-refractivity contribution in [3.63, 3.8) is 0 Å². The molecule has 1 fully saturated rings. The van der Waals surface area contributed by atoms with Crippen LogP contribution in [0.3, 0.4) is 0 Å². The molecule has 38 heavy (non-hydrogen) atoms. The number of nitrogens with one attached hydrogen (secondary N) is 1. The zero-order valence-corrected chi connectivity index (χ0v) is 21.5. The van der Waals surface area contributed by atoms with Crippen molar-refractivity contribution in [2.24, 2.45) is 5.73 Å². The number of thiophene rings is 1. The van der Waals surface area contributed by atoms with Crippen molar-refractivity contribution >= 4 is 46.6 Å². The van der Waals surface area contributed by atoms with E-state index in [0.717, 1.165) is 24.2 Å². The molecule has 0 spiro atoms. The molecule has 3 N–H and O–H groups in total. The number of hydrogen-bond acceptors (Lipinski definition) is 10. The number of benzene rings is 1. The predicted octanol–water partition coefficient (Wildman–Crippen LogP) is 3.40. The van der Waals surface area contributed by atoms with E-state index in [1.54, 1.807) is 37.2 Å². The average Bonchev–Trinajstić information content (AvgIpc) is 3.21. The first-order valence-corrected chi connectivity index (χ1v) is 12.4. The van der Waals surface area contributed by atoms with Crippen LogP contribution < -0.4 is 20.7 Å². The highest BCUT2D eigenvalue weighted by Gasteiger charge is 2.28. The minimum atomic E-state index is -1.10. The molecule has 0 aliphatic carbocycles. The lowest BCUT2D eigenvalue weighted by Crippen LogP contribution is -2.36. The van der Waals surface area contributed by atoms with Crippen LogP contribution in [0, 0.1) is 10.1 Å². The Morgan fingerprint density at radius 1 is 1.18 bits per heavy atom.